The Labute approximate surface area is 78.7 Å². The second-order valence-electron chi connectivity index (χ2n) is 1.97. The summed E-state index contributed by atoms with van der Waals surface area (Å²) in [6, 6.07) is 1.60. The molecule has 1 heterocycles. The Morgan fingerprint density at radius 2 is 1.92 bits per heavy atom. The highest BCUT2D eigenvalue weighted by atomic mass is 79.9. The first-order chi connectivity index (χ1) is 5.88. The van der Waals surface area contributed by atoms with Crippen molar-refractivity contribution in [3.05, 3.63) is 22.6 Å². The highest BCUT2D eigenvalue weighted by Gasteiger charge is 2.31. The molecule has 1 rings (SSSR count). The van der Waals surface area contributed by atoms with Gasteiger partial charge in [-0.25, -0.2) is 9.37 Å². The Kier molecular flexibility index (Phi) is 2.74. The van der Waals surface area contributed by atoms with E-state index in [1.807, 2.05) is 0 Å². The molecule has 0 unspecified atom stereocenters. The molecule has 0 aliphatic carbocycles. The van der Waals surface area contributed by atoms with E-state index >= 15 is 0 Å². The molecule has 0 saturated heterocycles. The molecule has 0 saturated carbocycles. The smallest absolute Gasteiger partial charge is 0.388 e. The summed E-state index contributed by atoms with van der Waals surface area (Å²) < 4.78 is 50.4. The van der Waals surface area contributed by atoms with Crippen LogP contribution in [-0.4, -0.2) is 11.3 Å². The van der Waals surface area contributed by atoms with Crippen LogP contribution in [0.25, 0.3) is 0 Å². The summed E-state index contributed by atoms with van der Waals surface area (Å²) in [5.74, 6) is -1.46. The van der Waals surface area contributed by atoms with E-state index in [0.717, 1.165) is 12.1 Å². The van der Waals surface area contributed by atoms with Gasteiger partial charge in [0.25, 0.3) is 0 Å². The van der Waals surface area contributed by atoms with Crippen molar-refractivity contribution < 1.29 is 22.3 Å². The van der Waals surface area contributed by atoms with Gasteiger partial charge in [0.1, 0.15) is 4.60 Å². The SMILES string of the molecule is Fc1ccc(OC(F)(F)F)nc1Br. The van der Waals surface area contributed by atoms with Crippen LogP contribution < -0.4 is 4.74 Å². The highest BCUT2D eigenvalue weighted by molar-refractivity contribution is 9.10. The van der Waals surface area contributed by atoms with Crippen molar-refractivity contribution in [2.24, 2.45) is 0 Å². The van der Waals surface area contributed by atoms with Crippen molar-refractivity contribution >= 4 is 15.9 Å². The molecule has 0 atom stereocenters. The van der Waals surface area contributed by atoms with Crippen molar-refractivity contribution in [1.29, 1.82) is 0 Å². The Morgan fingerprint density at radius 3 is 2.38 bits per heavy atom. The zero-order valence-electron chi connectivity index (χ0n) is 5.90. The van der Waals surface area contributed by atoms with Gasteiger partial charge in [-0.05, 0) is 22.0 Å². The quantitative estimate of drug-likeness (QED) is 0.572. The largest absolute Gasteiger partial charge is 0.574 e. The van der Waals surface area contributed by atoms with E-state index < -0.39 is 18.1 Å². The van der Waals surface area contributed by atoms with Crippen LogP contribution in [0.5, 0.6) is 5.88 Å². The number of ether oxygens (including phenoxy) is 1. The Morgan fingerprint density at radius 1 is 1.31 bits per heavy atom. The van der Waals surface area contributed by atoms with Crippen LogP contribution >= 0.6 is 15.9 Å². The summed E-state index contributed by atoms with van der Waals surface area (Å²) in [6.45, 7) is 0. The number of hydrogen-bond acceptors (Lipinski definition) is 2. The van der Waals surface area contributed by atoms with E-state index in [0.29, 0.717) is 0 Å². The molecule has 0 spiro atoms. The second-order valence-corrected chi connectivity index (χ2v) is 2.72. The first-order valence-electron chi connectivity index (χ1n) is 2.96. The molecular weight excluding hydrogens is 258 g/mol. The first-order valence-corrected chi connectivity index (χ1v) is 3.75. The van der Waals surface area contributed by atoms with Gasteiger partial charge < -0.3 is 4.74 Å². The highest BCUT2D eigenvalue weighted by Crippen LogP contribution is 2.23. The zero-order valence-corrected chi connectivity index (χ0v) is 7.49. The number of rotatable bonds is 1. The summed E-state index contributed by atoms with van der Waals surface area (Å²) in [4.78, 5) is 3.16. The lowest BCUT2D eigenvalue weighted by Crippen LogP contribution is -2.18. The van der Waals surface area contributed by atoms with Gasteiger partial charge in [-0.3, -0.25) is 0 Å². The number of nitrogens with zero attached hydrogens (tertiary/aromatic N) is 1. The summed E-state index contributed by atoms with van der Waals surface area (Å²) >= 11 is 2.62. The molecule has 13 heavy (non-hydrogen) atoms. The maximum absolute atomic E-state index is 12.5. The third-order valence-corrected chi connectivity index (χ3v) is 1.55. The molecule has 1 aromatic heterocycles. The molecule has 0 aromatic carbocycles. The molecule has 1 aromatic rings. The van der Waals surface area contributed by atoms with E-state index in [2.05, 4.69) is 25.7 Å². The van der Waals surface area contributed by atoms with E-state index in [1.165, 1.54) is 0 Å². The van der Waals surface area contributed by atoms with E-state index in [9.17, 15) is 17.6 Å². The average Bonchev–Trinajstić information content (AvgIpc) is 1.94. The van der Waals surface area contributed by atoms with Crippen molar-refractivity contribution in [2.45, 2.75) is 6.36 Å². The normalized spacial score (nSPS) is 11.5. The third kappa shape index (κ3) is 3.17. The van der Waals surface area contributed by atoms with Crippen molar-refractivity contribution in [1.82, 2.24) is 4.98 Å². The van der Waals surface area contributed by atoms with Crippen LogP contribution in [0.1, 0.15) is 0 Å². The van der Waals surface area contributed by atoms with Crippen LogP contribution in [0, 0.1) is 5.82 Å². The minimum absolute atomic E-state index is 0.325. The van der Waals surface area contributed by atoms with E-state index in [-0.39, 0.29) is 4.60 Å². The standard InChI is InChI=1S/C6H2BrF4NO/c7-5-3(8)1-2-4(12-5)13-6(9,10)11/h1-2H. The summed E-state index contributed by atoms with van der Waals surface area (Å²) in [7, 11) is 0. The minimum Gasteiger partial charge on any atom is -0.388 e. The molecule has 7 heteroatoms. The molecule has 0 bridgehead atoms. The van der Waals surface area contributed by atoms with Crippen LogP contribution in [-0.2, 0) is 0 Å². The molecular formula is C6H2BrF4NO. The molecule has 0 amide bonds. The number of alkyl halides is 3. The van der Waals surface area contributed by atoms with Crippen LogP contribution in [0.3, 0.4) is 0 Å². The van der Waals surface area contributed by atoms with Gasteiger partial charge in [0, 0.05) is 6.07 Å². The van der Waals surface area contributed by atoms with Gasteiger partial charge in [-0.1, -0.05) is 0 Å². The van der Waals surface area contributed by atoms with E-state index in [1.54, 1.807) is 0 Å². The van der Waals surface area contributed by atoms with E-state index in [4.69, 9.17) is 0 Å². The molecule has 2 nitrogen and oxygen atoms in total. The number of pyridine rings is 1. The van der Waals surface area contributed by atoms with Crippen molar-refractivity contribution in [3.8, 4) is 5.88 Å². The molecule has 0 N–H and O–H groups in total. The van der Waals surface area contributed by atoms with Crippen molar-refractivity contribution in [3.63, 3.8) is 0 Å². The third-order valence-electron chi connectivity index (χ3n) is 0.998. The summed E-state index contributed by atoms with van der Waals surface area (Å²) in [5, 5.41) is 0. The maximum atomic E-state index is 12.5. The monoisotopic (exact) mass is 259 g/mol. The van der Waals surface area contributed by atoms with Crippen LogP contribution in [0.4, 0.5) is 17.6 Å². The minimum atomic E-state index is -4.82. The fourth-order valence-electron chi connectivity index (χ4n) is 0.576. The van der Waals surface area contributed by atoms with Crippen LogP contribution in [0.2, 0.25) is 0 Å². The van der Waals surface area contributed by atoms with Gasteiger partial charge in [0.05, 0.1) is 0 Å². The number of hydrogen-bond donors (Lipinski definition) is 0. The fourth-order valence-corrected chi connectivity index (χ4v) is 0.883. The van der Waals surface area contributed by atoms with Gasteiger partial charge in [0.15, 0.2) is 5.82 Å². The lowest BCUT2D eigenvalue weighted by atomic mass is 10.5. The maximum Gasteiger partial charge on any atom is 0.574 e. The van der Waals surface area contributed by atoms with Gasteiger partial charge in [-0.15, -0.1) is 13.2 Å². The zero-order chi connectivity index (χ0) is 10.1. The first kappa shape index (κ1) is 10.2. The average molecular weight is 260 g/mol. The Bertz CT molecular complexity index is 314. The lowest BCUT2D eigenvalue weighted by molar-refractivity contribution is -0.276. The number of halogens is 5. The van der Waals surface area contributed by atoms with Gasteiger partial charge in [0.2, 0.25) is 5.88 Å². The second kappa shape index (κ2) is 3.49. The summed E-state index contributed by atoms with van der Waals surface area (Å²) in [6.07, 6.45) is -4.82. The fraction of sp³-hybridized carbons (Fsp3) is 0.167. The molecule has 0 aliphatic rings. The predicted molar refractivity (Wildman–Crippen MR) is 38.6 cm³/mol. The molecule has 72 valence electrons. The van der Waals surface area contributed by atoms with Gasteiger partial charge in [-0.2, -0.15) is 0 Å². The molecule has 0 aliphatic heterocycles. The summed E-state index contributed by atoms with van der Waals surface area (Å²) in [5.41, 5.74) is 0. The topological polar surface area (TPSA) is 22.1 Å². The predicted octanol–water partition coefficient (Wildman–Crippen LogP) is 2.88. The Hall–Kier alpha value is -0.850. The van der Waals surface area contributed by atoms with Gasteiger partial charge >= 0.3 is 6.36 Å². The molecule has 0 radical (unpaired) electrons. The van der Waals surface area contributed by atoms with Crippen molar-refractivity contribution in [2.75, 3.05) is 0 Å². The number of aromatic nitrogens is 1. The molecule has 0 fully saturated rings. The van der Waals surface area contributed by atoms with Crippen LogP contribution in [0.15, 0.2) is 16.7 Å². The Balaban J connectivity index is 2.86. The lowest BCUT2D eigenvalue weighted by Gasteiger charge is -2.07.